The van der Waals surface area contributed by atoms with E-state index in [4.69, 9.17) is 4.74 Å². The molecule has 1 aliphatic rings. The Bertz CT molecular complexity index is 514. The van der Waals surface area contributed by atoms with Crippen LogP contribution in [0.15, 0.2) is 18.2 Å². The number of benzene rings is 1. The average molecular weight is 263 g/mol. The van der Waals surface area contributed by atoms with Crippen LogP contribution in [0.3, 0.4) is 0 Å². The monoisotopic (exact) mass is 263 g/mol. The van der Waals surface area contributed by atoms with E-state index in [1.165, 1.54) is 4.90 Å². The topological polar surface area (TPSA) is 61.9 Å². The summed E-state index contributed by atoms with van der Waals surface area (Å²) in [5, 5.41) is 3.03. The summed E-state index contributed by atoms with van der Waals surface area (Å²) in [6.45, 7) is 0.277. The third-order valence-corrected chi connectivity index (χ3v) is 2.99. The fraction of sp³-hybridized carbons (Fsp3) is 0.385. The molecule has 1 aromatic carbocycles. The maximum absolute atomic E-state index is 11.5. The van der Waals surface area contributed by atoms with Gasteiger partial charge in [-0.25, -0.2) is 0 Å². The van der Waals surface area contributed by atoms with Crippen LogP contribution in [0.5, 0.6) is 5.75 Å². The van der Waals surface area contributed by atoms with E-state index in [9.17, 15) is 9.59 Å². The van der Waals surface area contributed by atoms with Crippen molar-refractivity contribution in [2.24, 2.45) is 0 Å². The fourth-order valence-electron chi connectivity index (χ4n) is 1.72. The Morgan fingerprint density at radius 1 is 1.47 bits per heavy atom. The molecule has 2 rings (SSSR count). The van der Waals surface area contributed by atoms with Crippen LogP contribution in [0, 0.1) is 0 Å². The Hall–Kier alpha value is -2.24. The molecule has 1 heterocycles. The third-order valence-electron chi connectivity index (χ3n) is 2.99. The summed E-state index contributed by atoms with van der Waals surface area (Å²) in [7, 11) is 5.12. The summed E-state index contributed by atoms with van der Waals surface area (Å²) >= 11 is 0. The van der Waals surface area contributed by atoms with Crippen molar-refractivity contribution in [1.82, 2.24) is 4.90 Å². The molecule has 0 radical (unpaired) electrons. The summed E-state index contributed by atoms with van der Waals surface area (Å²) in [4.78, 5) is 26.1. The van der Waals surface area contributed by atoms with Gasteiger partial charge in [-0.2, -0.15) is 0 Å². The molecule has 19 heavy (non-hydrogen) atoms. The van der Waals surface area contributed by atoms with E-state index in [0.29, 0.717) is 11.4 Å². The highest BCUT2D eigenvalue weighted by atomic mass is 16.5. The zero-order valence-corrected chi connectivity index (χ0v) is 11.3. The first-order valence-electron chi connectivity index (χ1n) is 5.96. The van der Waals surface area contributed by atoms with Gasteiger partial charge in [0, 0.05) is 26.8 Å². The lowest BCUT2D eigenvalue weighted by Crippen LogP contribution is -2.35. The molecule has 0 fully saturated rings. The van der Waals surface area contributed by atoms with Crippen molar-refractivity contribution >= 4 is 23.2 Å². The Morgan fingerprint density at radius 2 is 2.21 bits per heavy atom. The normalized spacial score (nSPS) is 13.6. The molecule has 0 saturated heterocycles. The van der Waals surface area contributed by atoms with Gasteiger partial charge in [0.05, 0.1) is 12.2 Å². The second-order valence-electron chi connectivity index (χ2n) is 4.57. The van der Waals surface area contributed by atoms with Gasteiger partial charge in [0.25, 0.3) is 5.91 Å². The Kier molecular flexibility index (Phi) is 3.59. The number of ether oxygens (including phenoxy) is 1. The van der Waals surface area contributed by atoms with E-state index in [-0.39, 0.29) is 25.0 Å². The van der Waals surface area contributed by atoms with Crippen molar-refractivity contribution in [2.75, 3.05) is 44.5 Å². The quantitative estimate of drug-likeness (QED) is 0.864. The number of hydrogen-bond acceptors (Lipinski definition) is 4. The SMILES string of the molecule is CN(C)C(=O)CNc1ccc2c(c1)N(C)C(=O)CO2. The van der Waals surface area contributed by atoms with Crippen LogP contribution < -0.4 is 15.0 Å². The van der Waals surface area contributed by atoms with Crippen molar-refractivity contribution in [3.63, 3.8) is 0 Å². The first-order chi connectivity index (χ1) is 8.99. The zero-order valence-electron chi connectivity index (χ0n) is 11.3. The van der Waals surface area contributed by atoms with E-state index in [1.54, 1.807) is 38.2 Å². The molecule has 0 aromatic heterocycles. The molecule has 2 amide bonds. The number of nitrogens with zero attached hydrogens (tertiary/aromatic N) is 2. The molecule has 1 aliphatic heterocycles. The number of amides is 2. The molecule has 0 saturated carbocycles. The molecule has 102 valence electrons. The third kappa shape index (κ3) is 2.78. The van der Waals surface area contributed by atoms with Crippen molar-refractivity contribution in [1.29, 1.82) is 0 Å². The highest BCUT2D eigenvalue weighted by Crippen LogP contribution is 2.33. The summed E-state index contributed by atoms with van der Waals surface area (Å²) < 4.78 is 5.33. The van der Waals surface area contributed by atoms with Crippen LogP contribution in [-0.2, 0) is 9.59 Å². The summed E-state index contributed by atoms with van der Waals surface area (Å²) in [5.74, 6) is 0.569. The lowest BCUT2D eigenvalue weighted by Gasteiger charge is -2.26. The lowest BCUT2D eigenvalue weighted by atomic mass is 10.2. The average Bonchev–Trinajstić information content (AvgIpc) is 2.40. The summed E-state index contributed by atoms with van der Waals surface area (Å²) in [6, 6.07) is 5.42. The number of anilines is 2. The molecule has 0 atom stereocenters. The maximum Gasteiger partial charge on any atom is 0.264 e. The highest BCUT2D eigenvalue weighted by Gasteiger charge is 2.22. The van der Waals surface area contributed by atoms with Gasteiger partial charge in [-0.15, -0.1) is 0 Å². The number of fused-ring (bicyclic) bond motifs is 1. The fourth-order valence-corrected chi connectivity index (χ4v) is 1.72. The second-order valence-corrected chi connectivity index (χ2v) is 4.57. The molecule has 0 bridgehead atoms. The van der Waals surface area contributed by atoms with Crippen molar-refractivity contribution < 1.29 is 14.3 Å². The van der Waals surface area contributed by atoms with Crippen LogP contribution in [0.25, 0.3) is 0 Å². The molecule has 0 unspecified atom stereocenters. The van der Waals surface area contributed by atoms with E-state index in [0.717, 1.165) is 5.69 Å². The van der Waals surface area contributed by atoms with Gasteiger partial charge in [0.1, 0.15) is 5.75 Å². The first kappa shape index (κ1) is 13.2. The maximum atomic E-state index is 11.5. The molecule has 6 heteroatoms. The van der Waals surface area contributed by atoms with Gasteiger partial charge in [-0.1, -0.05) is 0 Å². The summed E-state index contributed by atoms with van der Waals surface area (Å²) in [6.07, 6.45) is 0. The molecular formula is C13H17N3O3. The number of likely N-dealkylation sites (N-methyl/N-ethyl adjacent to an activating group) is 2. The van der Waals surface area contributed by atoms with Crippen LogP contribution in [0.2, 0.25) is 0 Å². The smallest absolute Gasteiger partial charge is 0.264 e. The van der Waals surface area contributed by atoms with E-state index in [2.05, 4.69) is 5.32 Å². The molecule has 1 N–H and O–H groups in total. The molecular weight excluding hydrogens is 246 g/mol. The number of carbonyl (C=O) groups excluding carboxylic acids is 2. The minimum atomic E-state index is -0.0889. The molecule has 0 spiro atoms. The Balaban J connectivity index is 2.12. The van der Waals surface area contributed by atoms with E-state index >= 15 is 0 Å². The van der Waals surface area contributed by atoms with Crippen molar-refractivity contribution in [3.05, 3.63) is 18.2 Å². The van der Waals surface area contributed by atoms with Gasteiger partial charge < -0.3 is 19.9 Å². The molecule has 1 aromatic rings. The van der Waals surface area contributed by atoms with E-state index in [1.807, 2.05) is 6.07 Å². The number of rotatable bonds is 3. The largest absolute Gasteiger partial charge is 0.482 e. The predicted molar refractivity (Wildman–Crippen MR) is 72.5 cm³/mol. The Morgan fingerprint density at radius 3 is 2.89 bits per heavy atom. The minimum absolute atomic E-state index is 0.0154. The lowest BCUT2D eigenvalue weighted by molar-refractivity contribution is -0.126. The van der Waals surface area contributed by atoms with Crippen molar-refractivity contribution in [2.45, 2.75) is 0 Å². The molecule has 0 aliphatic carbocycles. The van der Waals surface area contributed by atoms with Crippen molar-refractivity contribution in [3.8, 4) is 5.75 Å². The number of carbonyl (C=O) groups is 2. The second kappa shape index (κ2) is 5.17. The summed E-state index contributed by atoms with van der Waals surface area (Å²) in [5.41, 5.74) is 1.48. The number of nitrogens with one attached hydrogen (secondary N) is 1. The first-order valence-corrected chi connectivity index (χ1v) is 5.96. The van der Waals surface area contributed by atoms with Crippen LogP contribution in [0.4, 0.5) is 11.4 Å². The van der Waals surface area contributed by atoms with Crippen LogP contribution >= 0.6 is 0 Å². The van der Waals surface area contributed by atoms with Gasteiger partial charge in [-0.3, -0.25) is 9.59 Å². The zero-order chi connectivity index (χ0) is 14.0. The van der Waals surface area contributed by atoms with Crippen LogP contribution in [-0.4, -0.2) is 51.0 Å². The van der Waals surface area contributed by atoms with E-state index < -0.39 is 0 Å². The minimum Gasteiger partial charge on any atom is -0.482 e. The van der Waals surface area contributed by atoms with Gasteiger partial charge in [0.2, 0.25) is 5.91 Å². The van der Waals surface area contributed by atoms with Crippen LogP contribution in [0.1, 0.15) is 0 Å². The van der Waals surface area contributed by atoms with Gasteiger partial charge in [-0.05, 0) is 18.2 Å². The predicted octanol–water partition coefficient (Wildman–Crippen LogP) is 0.542. The molecule has 6 nitrogen and oxygen atoms in total. The number of hydrogen-bond donors (Lipinski definition) is 1. The van der Waals surface area contributed by atoms with Gasteiger partial charge in [0.15, 0.2) is 6.61 Å². The Labute approximate surface area is 111 Å². The standard InChI is InChI=1S/C13H17N3O3/c1-15(2)12(17)7-14-9-4-5-11-10(6-9)16(3)13(18)8-19-11/h4-6,14H,7-8H2,1-3H3. The highest BCUT2D eigenvalue weighted by molar-refractivity contribution is 5.98. The van der Waals surface area contributed by atoms with Gasteiger partial charge >= 0.3 is 0 Å².